The molecule has 0 amide bonds. The SMILES string of the molecule is CCC(C)O/C(C)=C(/C)OC/C=C(/C)CCC=C(C)C.CCC(C)O/C(C)=C(/C)Oc1ccccc1C(=O)O. The average molecular weight is 545 g/mol. The van der Waals surface area contributed by atoms with Gasteiger partial charge in [-0.15, -0.1) is 0 Å². The van der Waals surface area contributed by atoms with Crippen molar-refractivity contribution in [1.82, 2.24) is 0 Å². The number of aromatic carboxylic acids is 1. The summed E-state index contributed by atoms with van der Waals surface area (Å²) in [4.78, 5) is 11.1. The van der Waals surface area contributed by atoms with Gasteiger partial charge in [0.1, 0.15) is 41.0 Å². The van der Waals surface area contributed by atoms with Gasteiger partial charge in [-0.3, -0.25) is 0 Å². The number of rotatable bonds is 15. The Bertz CT molecular complexity index is 995. The molecule has 0 aliphatic heterocycles. The number of carbonyl (C=O) groups is 1. The summed E-state index contributed by atoms with van der Waals surface area (Å²) in [5.74, 6) is 2.29. The summed E-state index contributed by atoms with van der Waals surface area (Å²) in [5.41, 5.74) is 2.89. The van der Waals surface area contributed by atoms with Crippen LogP contribution < -0.4 is 4.74 Å². The average Bonchev–Trinajstić information content (AvgIpc) is 2.88. The van der Waals surface area contributed by atoms with Gasteiger partial charge in [0.15, 0.2) is 0 Å². The molecule has 6 heteroatoms. The third-order valence-electron chi connectivity index (χ3n) is 6.10. The fraction of sp³-hybridized carbons (Fsp3) is 0.545. The highest BCUT2D eigenvalue weighted by Crippen LogP contribution is 2.22. The van der Waals surface area contributed by atoms with Gasteiger partial charge in [0, 0.05) is 0 Å². The van der Waals surface area contributed by atoms with Crippen molar-refractivity contribution in [2.45, 2.75) is 114 Å². The van der Waals surface area contributed by atoms with Crippen molar-refractivity contribution in [2.75, 3.05) is 6.61 Å². The van der Waals surface area contributed by atoms with Crippen LogP contribution in [-0.2, 0) is 14.2 Å². The molecule has 1 aromatic rings. The van der Waals surface area contributed by atoms with Crippen LogP contribution in [0.25, 0.3) is 0 Å². The minimum Gasteiger partial charge on any atom is -0.492 e. The van der Waals surface area contributed by atoms with Crippen molar-refractivity contribution in [3.05, 3.63) is 76.2 Å². The number of ether oxygens (including phenoxy) is 4. The van der Waals surface area contributed by atoms with Gasteiger partial charge in [0.2, 0.25) is 0 Å². The molecular formula is C33H52O6. The maximum absolute atomic E-state index is 11.1. The molecule has 1 N–H and O–H groups in total. The molecule has 2 unspecified atom stereocenters. The summed E-state index contributed by atoms with van der Waals surface area (Å²) in [5, 5.41) is 9.07. The van der Waals surface area contributed by atoms with Gasteiger partial charge < -0.3 is 24.1 Å². The highest BCUT2D eigenvalue weighted by atomic mass is 16.5. The molecule has 0 saturated carbocycles. The summed E-state index contributed by atoms with van der Waals surface area (Å²) >= 11 is 0. The van der Waals surface area contributed by atoms with E-state index in [4.69, 9.17) is 24.1 Å². The summed E-state index contributed by atoms with van der Waals surface area (Å²) < 4.78 is 22.7. The van der Waals surface area contributed by atoms with E-state index >= 15 is 0 Å². The fourth-order valence-corrected chi connectivity index (χ4v) is 3.01. The Morgan fingerprint density at radius 2 is 1.36 bits per heavy atom. The van der Waals surface area contributed by atoms with Crippen molar-refractivity contribution in [3.8, 4) is 5.75 Å². The lowest BCUT2D eigenvalue weighted by Gasteiger charge is -2.16. The number of carboxylic acid groups (broad SMARTS) is 1. The second-order valence-corrected chi connectivity index (χ2v) is 9.98. The zero-order chi connectivity index (χ0) is 30.0. The molecule has 2 atom stereocenters. The van der Waals surface area contributed by atoms with Crippen LogP contribution >= 0.6 is 0 Å². The summed E-state index contributed by atoms with van der Waals surface area (Å²) in [7, 11) is 0. The van der Waals surface area contributed by atoms with Gasteiger partial charge >= 0.3 is 5.97 Å². The first kappa shape index (κ1) is 35.9. The Morgan fingerprint density at radius 1 is 0.821 bits per heavy atom. The van der Waals surface area contributed by atoms with E-state index in [0.29, 0.717) is 23.9 Å². The zero-order valence-electron chi connectivity index (χ0n) is 26.1. The molecule has 220 valence electrons. The first-order valence-corrected chi connectivity index (χ1v) is 13.9. The van der Waals surface area contributed by atoms with E-state index in [1.807, 2.05) is 34.6 Å². The molecule has 39 heavy (non-hydrogen) atoms. The lowest BCUT2D eigenvalue weighted by atomic mass is 10.1. The van der Waals surface area contributed by atoms with Crippen LogP contribution in [0, 0.1) is 0 Å². The Morgan fingerprint density at radius 3 is 1.87 bits per heavy atom. The van der Waals surface area contributed by atoms with Crippen LogP contribution in [0.5, 0.6) is 5.75 Å². The van der Waals surface area contributed by atoms with Gasteiger partial charge in [-0.25, -0.2) is 4.79 Å². The smallest absolute Gasteiger partial charge is 0.339 e. The minimum atomic E-state index is -1.01. The third-order valence-corrected chi connectivity index (χ3v) is 6.10. The molecule has 1 aromatic carbocycles. The lowest BCUT2D eigenvalue weighted by Crippen LogP contribution is -2.08. The van der Waals surface area contributed by atoms with Gasteiger partial charge in [-0.1, -0.05) is 43.2 Å². The Balaban J connectivity index is 0.000000741. The summed E-state index contributed by atoms with van der Waals surface area (Å²) in [6.07, 6.45) is 8.88. The number of para-hydroxylation sites is 1. The van der Waals surface area contributed by atoms with Crippen molar-refractivity contribution in [2.24, 2.45) is 0 Å². The Labute approximate surface area is 237 Å². The van der Waals surface area contributed by atoms with Crippen LogP contribution in [0.4, 0.5) is 0 Å². The van der Waals surface area contributed by atoms with Crippen LogP contribution in [-0.4, -0.2) is 29.9 Å². The predicted molar refractivity (Wildman–Crippen MR) is 161 cm³/mol. The fourth-order valence-electron chi connectivity index (χ4n) is 3.01. The maximum Gasteiger partial charge on any atom is 0.339 e. The molecule has 1 rings (SSSR count). The monoisotopic (exact) mass is 544 g/mol. The number of hydrogen-bond donors (Lipinski definition) is 1. The first-order valence-electron chi connectivity index (χ1n) is 13.9. The topological polar surface area (TPSA) is 74.2 Å². The van der Waals surface area contributed by atoms with Crippen molar-refractivity contribution in [1.29, 1.82) is 0 Å². The van der Waals surface area contributed by atoms with E-state index in [0.717, 1.165) is 37.2 Å². The van der Waals surface area contributed by atoms with Crippen LogP contribution in [0.15, 0.2) is 70.6 Å². The normalized spacial score (nSPS) is 14.0. The van der Waals surface area contributed by atoms with E-state index in [1.54, 1.807) is 25.1 Å². The molecule has 0 radical (unpaired) electrons. The number of allylic oxidation sites excluding steroid dienone is 7. The largest absolute Gasteiger partial charge is 0.492 e. The molecule has 0 fully saturated rings. The molecule has 0 heterocycles. The number of carboxylic acids is 1. The van der Waals surface area contributed by atoms with Gasteiger partial charge in [0.25, 0.3) is 0 Å². The Hall–Kier alpha value is -3.15. The molecule has 6 nitrogen and oxygen atoms in total. The quantitative estimate of drug-likeness (QED) is 0.175. The van der Waals surface area contributed by atoms with Crippen molar-refractivity contribution in [3.63, 3.8) is 0 Å². The number of hydrogen-bond acceptors (Lipinski definition) is 5. The van der Waals surface area contributed by atoms with E-state index in [2.05, 4.69) is 46.8 Å². The summed E-state index contributed by atoms with van der Waals surface area (Å²) in [6.45, 7) is 22.7. The molecule has 0 spiro atoms. The van der Waals surface area contributed by atoms with Crippen LogP contribution in [0.2, 0.25) is 0 Å². The third kappa shape index (κ3) is 16.4. The van der Waals surface area contributed by atoms with Crippen molar-refractivity contribution >= 4 is 5.97 Å². The molecule has 0 aliphatic carbocycles. The predicted octanol–water partition coefficient (Wildman–Crippen LogP) is 9.59. The lowest BCUT2D eigenvalue weighted by molar-refractivity contribution is 0.0692. The van der Waals surface area contributed by atoms with E-state index < -0.39 is 5.97 Å². The minimum absolute atomic E-state index is 0.105. The highest BCUT2D eigenvalue weighted by Gasteiger charge is 2.12. The van der Waals surface area contributed by atoms with Gasteiger partial charge in [-0.2, -0.15) is 0 Å². The first-order chi connectivity index (χ1) is 18.3. The van der Waals surface area contributed by atoms with E-state index in [-0.39, 0.29) is 17.8 Å². The maximum atomic E-state index is 11.1. The second-order valence-electron chi connectivity index (χ2n) is 9.98. The van der Waals surface area contributed by atoms with Gasteiger partial charge in [0.05, 0.1) is 12.2 Å². The molecule has 0 aromatic heterocycles. The number of benzene rings is 1. The molecular weight excluding hydrogens is 492 g/mol. The van der Waals surface area contributed by atoms with Crippen LogP contribution in [0.1, 0.15) is 112 Å². The van der Waals surface area contributed by atoms with Crippen molar-refractivity contribution < 1.29 is 28.8 Å². The Kier molecular flexibility index (Phi) is 18.2. The molecule has 0 saturated heterocycles. The molecule has 0 bridgehead atoms. The van der Waals surface area contributed by atoms with Crippen LogP contribution in [0.3, 0.4) is 0 Å². The zero-order valence-corrected chi connectivity index (χ0v) is 26.1. The molecule has 0 aliphatic rings. The standard InChI is InChI=1S/C18H32O2.C15H20O4/c1-8-16(5)20-18(7)17(6)19-13-12-15(4)11-9-10-14(2)3;1-5-10(2)18-11(3)12(4)19-14-9-7-6-8-13(14)15(16)17/h10,12,16H,8-9,11,13H2,1-7H3;6-10H,5H2,1-4H3,(H,16,17)/b15-12-,18-17-;12-11-. The van der Waals surface area contributed by atoms with Gasteiger partial charge in [-0.05, 0) is 106 Å². The highest BCUT2D eigenvalue weighted by molar-refractivity contribution is 5.90. The second kappa shape index (κ2) is 19.9. The summed E-state index contributed by atoms with van der Waals surface area (Å²) in [6, 6.07) is 6.54. The van der Waals surface area contributed by atoms with E-state index in [1.165, 1.54) is 17.2 Å². The van der Waals surface area contributed by atoms with E-state index in [9.17, 15) is 4.79 Å².